The molecule has 0 spiro atoms. The molecule has 1 aromatic rings. The Bertz CT molecular complexity index is 510. The van der Waals surface area contributed by atoms with Gasteiger partial charge in [-0.1, -0.05) is 19.4 Å². The van der Waals surface area contributed by atoms with E-state index in [9.17, 15) is 0 Å². The summed E-state index contributed by atoms with van der Waals surface area (Å²) in [5.74, 6) is 1.42. The molecular weight excluding hydrogens is 431 g/mol. The number of hydrogen-bond acceptors (Lipinski definition) is 4. The number of guanidine groups is 1. The quantitative estimate of drug-likeness (QED) is 0.241. The van der Waals surface area contributed by atoms with E-state index >= 15 is 0 Å². The summed E-state index contributed by atoms with van der Waals surface area (Å²) in [6.07, 6.45) is 3.87. The van der Waals surface area contributed by atoms with Crippen LogP contribution in [0, 0.1) is 0 Å². The first-order chi connectivity index (χ1) is 11.5. The highest BCUT2D eigenvalue weighted by Crippen LogP contribution is 2.15. The van der Waals surface area contributed by atoms with E-state index in [-0.39, 0.29) is 29.6 Å². The fourth-order valence-corrected chi connectivity index (χ4v) is 1.86. The molecule has 0 atom stereocenters. The topological polar surface area (TPSA) is 67.8 Å². The van der Waals surface area contributed by atoms with E-state index in [0.29, 0.717) is 25.6 Å². The van der Waals surface area contributed by atoms with E-state index in [1.54, 1.807) is 13.3 Å². The van der Waals surface area contributed by atoms with Gasteiger partial charge in [-0.2, -0.15) is 0 Å². The number of halogens is 1. The smallest absolute Gasteiger partial charge is 0.218 e. The second-order valence-electron chi connectivity index (χ2n) is 6.18. The molecule has 2 N–H and O–H groups in total. The van der Waals surface area contributed by atoms with Gasteiger partial charge >= 0.3 is 0 Å². The number of aliphatic imine (C=N–C) groups is 1. The molecule has 1 rings (SSSR count). The predicted octanol–water partition coefficient (Wildman–Crippen LogP) is 3.36. The largest absolute Gasteiger partial charge is 0.477 e. The molecule has 7 heteroatoms. The summed E-state index contributed by atoms with van der Waals surface area (Å²) in [5, 5.41) is 6.55. The van der Waals surface area contributed by atoms with Crippen LogP contribution in [0.15, 0.2) is 23.3 Å². The Kier molecular flexibility index (Phi) is 12.6. The molecule has 0 aliphatic heterocycles. The Morgan fingerprint density at radius 3 is 2.68 bits per heavy atom. The van der Waals surface area contributed by atoms with Crippen molar-refractivity contribution < 1.29 is 9.47 Å². The number of unbranched alkanes of at least 4 members (excludes halogenated alkanes) is 1. The zero-order valence-corrected chi connectivity index (χ0v) is 18.4. The van der Waals surface area contributed by atoms with Gasteiger partial charge in [0.2, 0.25) is 5.88 Å². The highest BCUT2D eigenvalue weighted by atomic mass is 127. The molecule has 0 bridgehead atoms. The standard InChI is InChI=1S/C18H32N4O2.HI/c1-6-8-12-24-16-15(10-9-11-20-16)13-21-17(19-7-2)22-14-18(3,4)23-5;/h9-11H,6-8,12-14H2,1-5H3,(H2,19,21,22);1H. The number of ether oxygens (including phenoxy) is 2. The van der Waals surface area contributed by atoms with Crippen LogP contribution in [-0.2, 0) is 11.3 Å². The van der Waals surface area contributed by atoms with Gasteiger partial charge in [0.05, 0.1) is 18.8 Å². The SMILES string of the molecule is CCCCOc1ncccc1CN=C(NCC)NCC(C)(C)OC.I. The van der Waals surface area contributed by atoms with Gasteiger partial charge in [0.25, 0.3) is 0 Å². The molecule has 0 amide bonds. The minimum absolute atomic E-state index is 0. The van der Waals surface area contributed by atoms with Crippen molar-refractivity contribution in [2.45, 2.75) is 52.7 Å². The summed E-state index contributed by atoms with van der Waals surface area (Å²) in [5.41, 5.74) is 0.732. The third-order valence-electron chi connectivity index (χ3n) is 3.57. The predicted molar refractivity (Wildman–Crippen MR) is 114 cm³/mol. The number of nitrogens with zero attached hydrogens (tertiary/aromatic N) is 2. The summed E-state index contributed by atoms with van der Waals surface area (Å²) in [6, 6.07) is 3.91. The monoisotopic (exact) mass is 464 g/mol. The number of nitrogens with one attached hydrogen (secondary N) is 2. The molecule has 1 heterocycles. The summed E-state index contributed by atoms with van der Waals surface area (Å²) in [7, 11) is 1.71. The average molecular weight is 464 g/mol. The molecule has 0 aromatic carbocycles. The third-order valence-corrected chi connectivity index (χ3v) is 3.57. The molecule has 6 nitrogen and oxygen atoms in total. The van der Waals surface area contributed by atoms with Crippen LogP contribution in [0.3, 0.4) is 0 Å². The first kappa shape index (κ1) is 23.9. The number of rotatable bonds is 10. The molecule has 1 aromatic heterocycles. The minimum atomic E-state index is -0.251. The summed E-state index contributed by atoms with van der Waals surface area (Å²) in [6.45, 7) is 10.9. The highest BCUT2D eigenvalue weighted by Gasteiger charge is 2.16. The minimum Gasteiger partial charge on any atom is -0.477 e. The van der Waals surface area contributed by atoms with Crippen LogP contribution in [-0.4, -0.2) is 43.4 Å². The molecule has 0 aliphatic rings. The van der Waals surface area contributed by atoms with E-state index in [4.69, 9.17) is 9.47 Å². The van der Waals surface area contributed by atoms with Crippen molar-refractivity contribution in [3.63, 3.8) is 0 Å². The molecule has 0 saturated heterocycles. The number of hydrogen-bond donors (Lipinski definition) is 2. The molecule has 0 unspecified atom stereocenters. The second-order valence-corrected chi connectivity index (χ2v) is 6.18. The van der Waals surface area contributed by atoms with Crippen LogP contribution in [0.2, 0.25) is 0 Å². The van der Waals surface area contributed by atoms with Crippen molar-refractivity contribution in [2.75, 3.05) is 26.8 Å². The number of aromatic nitrogens is 1. The Labute approximate surface area is 169 Å². The molecule has 0 fully saturated rings. The lowest BCUT2D eigenvalue weighted by Crippen LogP contribution is -2.45. The lowest BCUT2D eigenvalue weighted by atomic mass is 10.1. The van der Waals surface area contributed by atoms with E-state index in [1.807, 2.05) is 32.9 Å². The third kappa shape index (κ3) is 9.84. The summed E-state index contributed by atoms with van der Waals surface area (Å²) < 4.78 is 11.2. The first-order valence-electron chi connectivity index (χ1n) is 8.66. The molecule has 25 heavy (non-hydrogen) atoms. The van der Waals surface area contributed by atoms with Crippen LogP contribution in [0.1, 0.15) is 46.1 Å². The zero-order chi connectivity index (χ0) is 17.8. The molecule has 0 saturated carbocycles. The number of pyridine rings is 1. The van der Waals surface area contributed by atoms with E-state index < -0.39 is 0 Å². The van der Waals surface area contributed by atoms with Crippen LogP contribution >= 0.6 is 24.0 Å². The fourth-order valence-electron chi connectivity index (χ4n) is 1.86. The highest BCUT2D eigenvalue weighted by molar-refractivity contribution is 14.0. The summed E-state index contributed by atoms with van der Waals surface area (Å²) in [4.78, 5) is 8.95. The average Bonchev–Trinajstić information content (AvgIpc) is 2.58. The normalized spacial score (nSPS) is 11.6. The van der Waals surface area contributed by atoms with Crippen LogP contribution in [0.4, 0.5) is 0 Å². The Morgan fingerprint density at radius 2 is 2.04 bits per heavy atom. The molecule has 0 radical (unpaired) electrons. The molecule has 0 aliphatic carbocycles. The van der Waals surface area contributed by atoms with Crippen molar-refractivity contribution in [2.24, 2.45) is 4.99 Å². The number of methoxy groups -OCH3 is 1. The van der Waals surface area contributed by atoms with Crippen molar-refractivity contribution >= 4 is 29.9 Å². The second kappa shape index (κ2) is 13.2. The van der Waals surface area contributed by atoms with Crippen molar-refractivity contribution in [1.82, 2.24) is 15.6 Å². The fraction of sp³-hybridized carbons (Fsp3) is 0.667. The Balaban J connectivity index is 0.00000576. The lowest BCUT2D eigenvalue weighted by Gasteiger charge is -2.24. The lowest BCUT2D eigenvalue weighted by molar-refractivity contribution is 0.0268. The van der Waals surface area contributed by atoms with Crippen molar-refractivity contribution in [3.05, 3.63) is 23.9 Å². The van der Waals surface area contributed by atoms with Gasteiger partial charge < -0.3 is 20.1 Å². The first-order valence-corrected chi connectivity index (χ1v) is 8.66. The van der Waals surface area contributed by atoms with Crippen LogP contribution < -0.4 is 15.4 Å². The van der Waals surface area contributed by atoms with Gasteiger partial charge in [-0.05, 0) is 33.3 Å². The molecule has 144 valence electrons. The maximum absolute atomic E-state index is 5.76. The van der Waals surface area contributed by atoms with E-state index in [2.05, 4.69) is 27.5 Å². The van der Waals surface area contributed by atoms with Crippen LogP contribution in [0.5, 0.6) is 5.88 Å². The van der Waals surface area contributed by atoms with Gasteiger partial charge in [-0.3, -0.25) is 0 Å². The maximum Gasteiger partial charge on any atom is 0.218 e. The molecular formula is C18H33IN4O2. The van der Waals surface area contributed by atoms with E-state index in [1.165, 1.54) is 0 Å². The van der Waals surface area contributed by atoms with Crippen molar-refractivity contribution in [1.29, 1.82) is 0 Å². The summed E-state index contributed by atoms with van der Waals surface area (Å²) >= 11 is 0. The maximum atomic E-state index is 5.76. The van der Waals surface area contributed by atoms with Crippen molar-refractivity contribution in [3.8, 4) is 5.88 Å². The van der Waals surface area contributed by atoms with Gasteiger partial charge in [0, 0.05) is 32.0 Å². The van der Waals surface area contributed by atoms with Gasteiger partial charge in [-0.25, -0.2) is 9.98 Å². The Morgan fingerprint density at radius 1 is 1.28 bits per heavy atom. The van der Waals surface area contributed by atoms with E-state index in [0.717, 1.165) is 30.9 Å². The zero-order valence-electron chi connectivity index (χ0n) is 16.1. The Hall–Kier alpha value is -1.09. The van der Waals surface area contributed by atoms with Gasteiger partial charge in [-0.15, -0.1) is 24.0 Å². The van der Waals surface area contributed by atoms with Gasteiger partial charge in [0.1, 0.15) is 0 Å². The van der Waals surface area contributed by atoms with Crippen LogP contribution in [0.25, 0.3) is 0 Å². The van der Waals surface area contributed by atoms with Gasteiger partial charge in [0.15, 0.2) is 5.96 Å².